The number of nitrogens with zero attached hydrogens (tertiary/aromatic N) is 1. The Morgan fingerprint density at radius 2 is 1.65 bits per heavy atom. The lowest BCUT2D eigenvalue weighted by Crippen LogP contribution is -2.40. The molecule has 148 valence electrons. The number of benzene rings is 1. The van der Waals surface area contributed by atoms with Crippen molar-refractivity contribution in [3.05, 3.63) is 35.6 Å². The highest BCUT2D eigenvalue weighted by atomic mass is 127. The Labute approximate surface area is 172 Å². The first kappa shape index (κ1) is 24.4. The molecule has 0 saturated heterocycles. The summed E-state index contributed by atoms with van der Waals surface area (Å²) in [5.74, 6) is 0.466. The third-order valence-electron chi connectivity index (χ3n) is 3.16. The molecule has 8 heteroatoms. The standard InChI is InChI=1S/C18H29FN4O2.HI/c1-18(2,3)25-17(24)23-12-5-11-21-16(20-4)22-13-10-14-6-8-15(19)9-7-14;/h6-9H,5,10-13H2,1-4H3,(H,23,24)(H2,20,21,22);1H. The highest BCUT2D eigenvalue weighted by molar-refractivity contribution is 14.0. The van der Waals surface area contributed by atoms with Crippen LogP contribution in [0.2, 0.25) is 0 Å². The Balaban J connectivity index is 0.00000625. The first-order chi connectivity index (χ1) is 11.8. The van der Waals surface area contributed by atoms with Crippen LogP contribution in [0.3, 0.4) is 0 Å². The van der Waals surface area contributed by atoms with E-state index in [-0.39, 0.29) is 29.8 Å². The van der Waals surface area contributed by atoms with Crippen LogP contribution < -0.4 is 16.0 Å². The third-order valence-corrected chi connectivity index (χ3v) is 3.16. The molecule has 0 fully saturated rings. The van der Waals surface area contributed by atoms with Crippen LogP contribution >= 0.6 is 24.0 Å². The van der Waals surface area contributed by atoms with E-state index in [4.69, 9.17) is 4.74 Å². The van der Waals surface area contributed by atoms with Gasteiger partial charge in [-0.05, 0) is 51.3 Å². The molecule has 0 atom stereocenters. The Bertz CT molecular complexity index is 559. The Hall–Kier alpha value is -1.58. The molecule has 0 aliphatic rings. The van der Waals surface area contributed by atoms with Crippen LogP contribution in [0.15, 0.2) is 29.3 Å². The number of halogens is 2. The number of nitrogens with one attached hydrogen (secondary N) is 3. The number of hydrogen-bond donors (Lipinski definition) is 3. The maximum atomic E-state index is 12.8. The van der Waals surface area contributed by atoms with Crippen LogP contribution in [-0.4, -0.2) is 44.3 Å². The predicted octanol–water partition coefficient (Wildman–Crippen LogP) is 3.07. The minimum Gasteiger partial charge on any atom is -0.444 e. The van der Waals surface area contributed by atoms with E-state index in [0.717, 1.165) is 18.4 Å². The van der Waals surface area contributed by atoms with Crippen LogP contribution in [0, 0.1) is 5.82 Å². The topological polar surface area (TPSA) is 74.8 Å². The number of hydrogen-bond acceptors (Lipinski definition) is 3. The van der Waals surface area contributed by atoms with Gasteiger partial charge in [-0.2, -0.15) is 0 Å². The number of alkyl carbamates (subject to hydrolysis) is 1. The summed E-state index contributed by atoms with van der Waals surface area (Å²) in [4.78, 5) is 15.6. The number of ether oxygens (including phenoxy) is 1. The van der Waals surface area contributed by atoms with Gasteiger partial charge in [-0.25, -0.2) is 9.18 Å². The second-order valence-corrected chi connectivity index (χ2v) is 6.58. The zero-order valence-electron chi connectivity index (χ0n) is 15.9. The maximum absolute atomic E-state index is 12.8. The molecule has 0 aliphatic carbocycles. The van der Waals surface area contributed by atoms with Gasteiger partial charge < -0.3 is 20.7 Å². The van der Waals surface area contributed by atoms with Gasteiger partial charge in [0.25, 0.3) is 0 Å². The highest BCUT2D eigenvalue weighted by Gasteiger charge is 2.15. The molecule has 0 saturated carbocycles. The lowest BCUT2D eigenvalue weighted by Gasteiger charge is -2.19. The summed E-state index contributed by atoms with van der Waals surface area (Å²) in [6, 6.07) is 6.46. The van der Waals surface area contributed by atoms with Crippen LogP contribution in [-0.2, 0) is 11.2 Å². The largest absolute Gasteiger partial charge is 0.444 e. The van der Waals surface area contributed by atoms with E-state index in [0.29, 0.717) is 25.6 Å². The van der Waals surface area contributed by atoms with Gasteiger partial charge in [-0.15, -0.1) is 24.0 Å². The first-order valence-electron chi connectivity index (χ1n) is 8.46. The van der Waals surface area contributed by atoms with E-state index in [9.17, 15) is 9.18 Å². The van der Waals surface area contributed by atoms with Crippen LogP contribution in [0.5, 0.6) is 0 Å². The van der Waals surface area contributed by atoms with E-state index in [1.165, 1.54) is 12.1 Å². The van der Waals surface area contributed by atoms with Crippen LogP contribution in [0.4, 0.5) is 9.18 Å². The number of amides is 1. The molecule has 0 aromatic heterocycles. The normalized spacial score (nSPS) is 11.3. The molecular formula is C18H30FIN4O2. The van der Waals surface area contributed by atoms with Crippen molar-refractivity contribution < 1.29 is 13.9 Å². The molecular weight excluding hydrogens is 450 g/mol. The van der Waals surface area contributed by atoms with Crippen molar-refractivity contribution in [2.75, 3.05) is 26.7 Å². The molecule has 0 radical (unpaired) electrons. The van der Waals surface area contributed by atoms with Crippen molar-refractivity contribution in [2.45, 2.75) is 39.2 Å². The molecule has 0 bridgehead atoms. The molecule has 1 amide bonds. The molecule has 1 aromatic carbocycles. The fourth-order valence-electron chi connectivity index (χ4n) is 2.00. The zero-order valence-corrected chi connectivity index (χ0v) is 18.2. The number of guanidine groups is 1. The van der Waals surface area contributed by atoms with Crippen LogP contribution in [0.1, 0.15) is 32.8 Å². The summed E-state index contributed by atoms with van der Waals surface area (Å²) in [5.41, 5.74) is 0.574. The molecule has 1 aromatic rings. The Morgan fingerprint density at radius 1 is 1.08 bits per heavy atom. The smallest absolute Gasteiger partial charge is 0.407 e. The fraction of sp³-hybridized carbons (Fsp3) is 0.556. The van der Waals surface area contributed by atoms with Gasteiger partial charge >= 0.3 is 6.09 Å². The summed E-state index contributed by atoms with van der Waals surface area (Å²) < 4.78 is 18.0. The van der Waals surface area contributed by atoms with Crippen molar-refractivity contribution in [3.63, 3.8) is 0 Å². The predicted molar refractivity (Wildman–Crippen MR) is 114 cm³/mol. The van der Waals surface area contributed by atoms with Gasteiger partial charge in [-0.3, -0.25) is 4.99 Å². The van der Waals surface area contributed by atoms with Gasteiger partial charge in [0, 0.05) is 26.7 Å². The highest BCUT2D eigenvalue weighted by Crippen LogP contribution is 2.06. The van der Waals surface area contributed by atoms with Gasteiger partial charge in [0.15, 0.2) is 5.96 Å². The van der Waals surface area contributed by atoms with Gasteiger partial charge in [0.2, 0.25) is 0 Å². The Morgan fingerprint density at radius 3 is 2.23 bits per heavy atom. The van der Waals surface area contributed by atoms with Gasteiger partial charge in [-0.1, -0.05) is 12.1 Å². The number of carbonyl (C=O) groups is 1. The molecule has 26 heavy (non-hydrogen) atoms. The van der Waals surface area contributed by atoms with Crippen molar-refractivity contribution in [3.8, 4) is 0 Å². The first-order valence-corrected chi connectivity index (χ1v) is 8.46. The molecule has 0 unspecified atom stereocenters. The molecule has 0 aliphatic heterocycles. The van der Waals surface area contributed by atoms with E-state index in [2.05, 4.69) is 20.9 Å². The molecule has 6 nitrogen and oxygen atoms in total. The minimum atomic E-state index is -0.487. The van der Waals surface area contributed by atoms with E-state index >= 15 is 0 Å². The van der Waals surface area contributed by atoms with Crippen molar-refractivity contribution in [2.24, 2.45) is 4.99 Å². The monoisotopic (exact) mass is 480 g/mol. The van der Waals surface area contributed by atoms with E-state index < -0.39 is 11.7 Å². The molecule has 1 rings (SSSR count). The second kappa shape index (κ2) is 12.7. The summed E-state index contributed by atoms with van der Waals surface area (Å²) >= 11 is 0. The lowest BCUT2D eigenvalue weighted by molar-refractivity contribution is 0.0527. The average molecular weight is 480 g/mol. The van der Waals surface area contributed by atoms with E-state index in [1.54, 1.807) is 19.2 Å². The van der Waals surface area contributed by atoms with Crippen molar-refractivity contribution in [1.29, 1.82) is 0 Å². The maximum Gasteiger partial charge on any atom is 0.407 e. The summed E-state index contributed by atoms with van der Waals surface area (Å²) in [6.07, 6.45) is 1.12. The van der Waals surface area contributed by atoms with E-state index in [1.807, 2.05) is 20.8 Å². The zero-order chi connectivity index (χ0) is 18.7. The Kier molecular flexibility index (Phi) is 11.9. The van der Waals surface area contributed by atoms with Crippen molar-refractivity contribution in [1.82, 2.24) is 16.0 Å². The van der Waals surface area contributed by atoms with Gasteiger partial charge in [0.05, 0.1) is 0 Å². The summed E-state index contributed by atoms with van der Waals surface area (Å²) in [7, 11) is 1.70. The average Bonchev–Trinajstić information content (AvgIpc) is 2.53. The summed E-state index contributed by atoms with van der Waals surface area (Å²) in [6.45, 7) is 7.38. The third kappa shape index (κ3) is 11.9. The molecule has 0 spiro atoms. The molecule has 0 heterocycles. The number of rotatable bonds is 7. The molecule has 3 N–H and O–H groups in total. The second-order valence-electron chi connectivity index (χ2n) is 6.58. The van der Waals surface area contributed by atoms with Gasteiger partial charge in [0.1, 0.15) is 11.4 Å². The lowest BCUT2D eigenvalue weighted by atomic mass is 10.1. The minimum absolute atomic E-state index is 0. The number of aliphatic imine (C=N–C) groups is 1. The van der Waals surface area contributed by atoms with Crippen LogP contribution in [0.25, 0.3) is 0 Å². The summed E-state index contributed by atoms with van der Waals surface area (Å²) in [5, 5.41) is 9.08. The fourth-order valence-corrected chi connectivity index (χ4v) is 2.00. The quantitative estimate of drug-likeness (QED) is 0.243. The number of carbonyl (C=O) groups excluding carboxylic acids is 1. The van der Waals surface area contributed by atoms with Crippen molar-refractivity contribution >= 4 is 36.0 Å². The SMILES string of the molecule is CN=C(NCCCNC(=O)OC(C)(C)C)NCCc1ccc(F)cc1.I.